The first-order valence-electron chi connectivity index (χ1n) is 8.74. The van der Waals surface area contributed by atoms with Crippen molar-refractivity contribution in [3.8, 4) is 0 Å². The smallest absolute Gasteiger partial charge is 0.139 e. The van der Waals surface area contributed by atoms with Gasteiger partial charge in [0, 0.05) is 17.3 Å². The van der Waals surface area contributed by atoms with Crippen LogP contribution in [0.3, 0.4) is 0 Å². The number of hydrogen-bond donors (Lipinski definition) is 0. The topological polar surface area (TPSA) is 26.3 Å². The standard InChI is InChI=1S/C18H26O2/c1-4-5-10-12-8-20-9(2)18(12)14(10)16-15(18)11-6-7-13(19)17(11,16)3/h9-12,14-16H,4-8H2,1-3H3/t9-,10+,11+,12-,14+,15+,16+,17-,18+/m1/s1. The quantitative estimate of drug-likeness (QED) is 0.772. The number of rotatable bonds is 2. The number of carbonyl (C=O) groups excluding carboxylic acids is 1. The molecular formula is C18H26O2. The van der Waals surface area contributed by atoms with Crippen molar-refractivity contribution in [2.75, 3.05) is 6.61 Å². The Hall–Kier alpha value is -0.370. The van der Waals surface area contributed by atoms with Gasteiger partial charge in [-0.15, -0.1) is 0 Å². The second-order valence-corrected chi connectivity index (χ2v) is 8.46. The van der Waals surface area contributed by atoms with Gasteiger partial charge in [0.05, 0.1) is 12.7 Å². The summed E-state index contributed by atoms with van der Waals surface area (Å²) in [5.41, 5.74) is 0.569. The zero-order valence-electron chi connectivity index (χ0n) is 12.9. The molecule has 0 aromatic rings. The maximum atomic E-state index is 12.4. The third kappa shape index (κ3) is 0.875. The third-order valence-electron chi connectivity index (χ3n) is 8.58. The Labute approximate surface area is 121 Å². The number of fused-ring (bicyclic) bond motifs is 5. The summed E-state index contributed by atoms with van der Waals surface area (Å²) in [5, 5.41) is 0. The van der Waals surface area contributed by atoms with E-state index in [0.717, 1.165) is 42.6 Å². The van der Waals surface area contributed by atoms with E-state index in [2.05, 4.69) is 20.8 Å². The van der Waals surface area contributed by atoms with Crippen LogP contribution in [0.25, 0.3) is 0 Å². The van der Waals surface area contributed by atoms with Gasteiger partial charge in [-0.3, -0.25) is 4.79 Å². The van der Waals surface area contributed by atoms with E-state index in [1.807, 2.05) is 0 Å². The zero-order chi connectivity index (χ0) is 13.9. The molecule has 4 saturated carbocycles. The Balaban J connectivity index is 1.55. The van der Waals surface area contributed by atoms with Crippen LogP contribution in [0, 0.1) is 46.3 Å². The Kier molecular flexibility index (Phi) is 2.04. The van der Waals surface area contributed by atoms with E-state index in [1.165, 1.54) is 19.3 Å². The summed E-state index contributed by atoms with van der Waals surface area (Å²) in [7, 11) is 0. The second kappa shape index (κ2) is 3.34. The lowest BCUT2D eigenvalue weighted by Crippen LogP contribution is -2.85. The molecule has 0 N–H and O–H groups in total. The molecule has 0 amide bonds. The normalized spacial score (nSPS) is 65.3. The molecule has 1 spiro atoms. The van der Waals surface area contributed by atoms with Crippen molar-refractivity contribution in [3.63, 3.8) is 0 Å². The molecule has 5 rings (SSSR count). The molecule has 110 valence electrons. The molecule has 1 saturated heterocycles. The maximum absolute atomic E-state index is 12.4. The van der Waals surface area contributed by atoms with E-state index in [0.29, 0.717) is 23.2 Å². The number of hydrogen-bond acceptors (Lipinski definition) is 2. The summed E-state index contributed by atoms with van der Waals surface area (Å²) in [6, 6.07) is 0. The summed E-state index contributed by atoms with van der Waals surface area (Å²) < 4.78 is 6.12. The molecule has 9 atom stereocenters. The lowest BCUT2D eigenvalue weighted by atomic mass is 9.17. The fourth-order valence-electron chi connectivity index (χ4n) is 8.08. The highest BCUT2D eigenvalue weighted by atomic mass is 16.5. The highest BCUT2D eigenvalue weighted by Crippen LogP contribution is 2.89. The monoisotopic (exact) mass is 274 g/mol. The lowest BCUT2D eigenvalue weighted by molar-refractivity contribution is -0.385. The molecule has 20 heavy (non-hydrogen) atoms. The van der Waals surface area contributed by atoms with Crippen molar-refractivity contribution in [1.29, 1.82) is 0 Å². The first-order valence-corrected chi connectivity index (χ1v) is 8.74. The van der Waals surface area contributed by atoms with Crippen molar-refractivity contribution >= 4 is 5.78 Å². The van der Waals surface area contributed by atoms with Crippen LogP contribution in [-0.2, 0) is 9.53 Å². The predicted molar refractivity (Wildman–Crippen MR) is 76.0 cm³/mol. The molecule has 1 heterocycles. The van der Waals surface area contributed by atoms with Crippen molar-refractivity contribution < 1.29 is 9.53 Å². The van der Waals surface area contributed by atoms with E-state index in [4.69, 9.17) is 4.74 Å². The van der Waals surface area contributed by atoms with Gasteiger partial charge in [0.1, 0.15) is 5.78 Å². The minimum Gasteiger partial charge on any atom is -0.378 e. The molecule has 4 aliphatic carbocycles. The van der Waals surface area contributed by atoms with Gasteiger partial charge in [-0.25, -0.2) is 0 Å². The van der Waals surface area contributed by atoms with E-state index >= 15 is 0 Å². The summed E-state index contributed by atoms with van der Waals surface area (Å²) in [5.74, 6) is 5.34. The van der Waals surface area contributed by atoms with Crippen LogP contribution < -0.4 is 0 Å². The van der Waals surface area contributed by atoms with Crippen molar-refractivity contribution in [1.82, 2.24) is 0 Å². The Morgan fingerprint density at radius 3 is 2.80 bits per heavy atom. The molecule has 0 aromatic heterocycles. The molecule has 2 heteroatoms. The number of ether oxygens (including phenoxy) is 1. The van der Waals surface area contributed by atoms with E-state index in [1.54, 1.807) is 0 Å². The van der Waals surface area contributed by atoms with Crippen molar-refractivity contribution in [3.05, 3.63) is 0 Å². The molecule has 0 aromatic carbocycles. The minimum absolute atomic E-state index is 0.0693. The molecule has 2 nitrogen and oxygen atoms in total. The van der Waals surface area contributed by atoms with Gasteiger partial charge in [-0.05, 0) is 48.9 Å². The highest BCUT2D eigenvalue weighted by Gasteiger charge is 2.89. The van der Waals surface area contributed by atoms with Crippen LogP contribution in [0.4, 0.5) is 0 Å². The fraction of sp³-hybridized carbons (Fsp3) is 0.944. The first-order chi connectivity index (χ1) is 9.59. The molecule has 5 aliphatic rings. The molecule has 1 aliphatic heterocycles. The van der Waals surface area contributed by atoms with E-state index < -0.39 is 0 Å². The SMILES string of the molecule is CCC[C@@H]1[C@H]2[C@H]3[C@H]([C@@H]4CCC(=O)[C@]34C)[C@@]23[C@@H]1CO[C@@H]3C. The number of ketones is 1. The Bertz CT molecular complexity index is 500. The summed E-state index contributed by atoms with van der Waals surface area (Å²) in [4.78, 5) is 12.4. The number of Topliss-reactive ketones (excluding diaryl/α,β-unsaturated/α-hetero) is 1. The van der Waals surface area contributed by atoms with Crippen molar-refractivity contribution in [2.24, 2.45) is 46.3 Å². The van der Waals surface area contributed by atoms with E-state index in [9.17, 15) is 4.79 Å². The van der Waals surface area contributed by atoms with Gasteiger partial charge in [-0.1, -0.05) is 26.7 Å². The van der Waals surface area contributed by atoms with Crippen LogP contribution in [-0.4, -0.2) is 18.5 Å². The van der Waals surface area contributed by atoms with E-state index in [-0.39, 0.29) is 5.41 Å². The Morgan fingerprint density at radius 2 is 2.05 bits per heavy atom. The molecule has 5 fully saturated rings. The second-order valence-electron chi connectivity index (χ2n) is 8.46. The molecular weight excluding hydrogens is 248 g/mol. The largest absolute Gasteiger partial charge is 0.378 e. The number of carbonyl (C=O) groups is 1. The van der Waals surface area contributed by atoms with Crippen molar-refractivity contribution in [2.45, 2.75) is 52.6 Å². The van der Waals surface area contributed by atoms with Gasteiger partial charge < -0.3 is 4.74 Å². The Morgan fingerprint density at radius 1 is 1.25 bits per heavy atom. The van der Waals surface area contributed by atoms with Gasteiger partial charge in [0.2, 0.25) is 0 Å². The average molecular weight is 274 g/mol. The van der Waals surface area contributed by atoms with Gasteiger partial charge in [0.15, 0.2) is 0 Å². The fourth-order valence-corrected chi connectivity index (χ4v) is 8.08. The molecule has 0 bridgehead atoms. The van der Waals surface area contributed by atoms with Crippen LogP contribution in [0.15, 0.2) is 0 Å². The zero-order valence-corrected chi connectivity index (χ0v) is 12.9. The average Bonchev–Trinajstić information content (AvgIpc) is 2.84. The first kappa shape index (κ1) is 12.2. The van der Waals surface area contributed by atoms with Crippen LogP contribution >= 0.6 is 0 Å². The lowest BCUT2D eigenvalue weighted by Gasteiger charge is -2.85. The summed E-state index contributed by atoms with van der Waals surface area (Å²) >= 11 is 0. The van der Waals surface area contributed by atoms with Gasteiger partial charge in [-0.2, -0.15) is 0 Å². The maximum Gasteiger partial charge on any atom is 0.139 e. The van der Waals surface area contributed by atoms with Gasteiger partial charge >= 0.3 is 0 Å². The molecule has 0 radical (unpaired) electrons. The summed E-state index contributed by atoms with van der Waals surface area (Å²) in [6.07, 6.45) is 5.11. The predicted octanol–water partition coefficient (Wildman–Crippen LogP) is 3.30. The van der Waals surface area contributed by atoms with Crippen LogP contribution in [0.2, 0.25) is 0 Å². The molecule has 0 unspecified atom stereocenters. The third-order valence-corrected chi connectivity index (χ3v) is 8.58. The summed E-state index contributed by atoms with van der Waals surface area (Å²) in [6.45, 7) is 7.93. The van der Waals surface area contributed by atoms with Crippen LogP contribution in [0.1, 0.15) is 46.5 Å². The van der Waals surface area contributed by atoms with Gasteiger partial charge in [0.25, 0.3) is 0 Å². The highest BCUT2D eigenvalue weighted by molar-refractivity contribution is 5.89. The van der Waals surface area contributed by atoms with Crippen LogP contribution in [0.5, 0.6) is 0 Å². The minimum atomic E-state index is 0.0693.